The number of piperazine rings is 1. The van der Waals surface area contributed by atoms with Crippen LogP contribution in [0.1, 0.15) is 32.6 Å². The van der Waals surface area contributed by atoms with Gasteiger partial charge in [-0.15, -0.1) is 0 Å². The van der Waals surface area contributed by atoms with Crippen molar-refractivity contribution in [1.82, 2.24) is 19.4 Å². The summed E-state index contributed by atoms with van der Waals surface area (Å²) in [4.78, 5) is 40.6. The van der Waals surface area contributed by atoms with Gasteiger partial charge in [0.15, 0.2) is 0 Å². The first-order valence-electron chi connectivity index (χ1n) is 11.1. The minimum absolute atomic E-state index is 0.00877. The molecule has 9 nitrogen and oxygen atoms in total. The van der Waals surface area contributed by atoms with E-state index in [1.54, 1.807) is 40.1 Å². The van der Waals surface area contributed by atoms with Gasteiger partial charge < -0.3 is 15.1 Å². The molecule has 0 saturated carbocycles. The number of benzene rings is 1. The zero-order valence-corrected chi connectivity index (χ0v) is 19.3. The summed E-state index contributed by atoms with van der Waals surface area (Å²) in [5, 5.41) is 2.82. The highest BCUT2D eigenvalue weighted by Gasteiger charge is 2.30. The Balaban J connectivity index is 1.68. The van der Waals surface area contributed by atoms with E-state index in [2.05, 4.69) is 5.32 Å². The molecule has 1 unspecified atom stereocenters. The summed E-state index contributed by atoms with van der Waals surface area (Å²) < 4.78 is 27.5. The fourth-order valence-corrected chi connectivity index (χ4v) is 5.70. The second-order valence-electron chi connectivity index (χ2n) is 8.28. The minimum Gasteiger partial charge on any atom is -0.356 e. The molecule has 1 N–H and O–H groups in total. The van der Waals surface area contributed by atoms with Crippen LogP contribution < -0.4 is 5.32 Å². The van der Waals surface area contributed by atoms with E-state index in [0.29, 0.717) is 52.0 Å². The Kier molecular flexibility index (Phi) is 8.25. The van der Waals surface area contributed by atoms with Crippen molar-refractivity contribution < 1.29 is 22.8 Å². The van der Waals surface area contributed by atoms with Crippen LogP contribution in [0, 0.1) is 5.92 Å². The Bertz CT molecular complexity index is 914. The Labute approximate surface area is 189 Å². The fourth-order valence-electron chi connectivity index (χ4n) is 4.20. The molecular formula is C22H32N4O5S. The minimum atomic E-state index is -3.72. The van der Waals surface area contributed by atoms with Gasteiger partial charge in [0.05, 0.1) is 4.90 Å². The van der Waals surface area contributed by atoms with E-state index in [1.165, 1.54) is 11.2 Å². The molecule has 1 aromatic carbocycles. The van der Waals surface area contributed by atoms with Crippen LogP contribution in [0.5, 0.6) is 0 Å². The van der Waals surface area contributed by atoms with Gasteiger partial charge in [0.2, 0.25) is 27.7 Å². The highest BCUT2D eigenvalue weighted by Crippen LogP contribution is 2.21. The summed E-state index contributed by atoms with van der Waals surface area (Å²) in [7, 11) is -3.72. The number of nitrogens with one attached hydrogen (secondary N) is 1. The maximum absolute atomic E-state index is 13.1. The number of hydrogen-bond donors (Lipinski definition) is 1. The molecule has 1 atom stereocenters. The first-order chi connectivity index (χ1) is 15.3. The molecule has 3 amide bonds. The van der Waals surface area contributed by atoms with E-state index in [-0.39, 0.29) is 48.0 Å². The van der Waals surface area contributed by atoms with Crippen LogP contribution in [0.15, 0.2) is 35.2 Å². The van der Waals surface area contributed by atoms with Crippen molar-refractivity contribution in [2.75, 3.05) is 45.8 Å². The van der Waals surface area contributed by atoms with Crippen LogP contribution in [-0.4, -0.2) is 86.1 Å². The Morgan fingerprint density at radius 3 is 2.25 bits per heavy atom. The maximum atomic E-state index is 13.1. The maximum Gasteiger partial charge on any atom is 0.243 e. The van der Waals surface area contributed by atoms with Gasteiger partial charge in [-0.1, -0.05) is 18.2 Å². The summed E-state index contributed by atoms with van der Waals surface area (Å²) in [5.41, 5.74) is 0. The third-order valence-electron chi connectivity index (χ3n) is 6.13. The SMILES string of the molecule is CC(=O)N1CCN(C(=O)C2CCCN(S(=O)(=O)c3ccccc3)CCC(=O)NCC2)CC1. The van der Waals surface area contributed by atoms with E-state index in [0.717, 1.165) is 0 Å². The fraction of sp³-hybridized carbons (Fsp3) is 0.591. The van der Waals surface area contributed by atoms with Gasteiger partial charge >= 0.3 is 0 Å². The molecule has 2 aliphatic heterocycles. The lowest BCUT2D eigenvalue weighted by Crippen LogP contribution is -2.51. The number of amides is 3. The van der Waals surface area contributed by atoms with E-state index in [1.807, 2.05) is 0 Å². The van der Waals surface area contributed by atoms with Crippen molar-refractivity contribution in [3.8, 4) is 0 Å². The summed E-state index contributed by atoms with van der Waals surface area (Å²) in [5.74, 6) is -0.492. The molecule has 2 saturated heterocycles. The molecule has 0 bridgehead atoms. The molecule has 0 aromatic heterocycles. The topological polar surface area (TPSA) is 107 Å². The number of carbonyl (C=O) groups is 3. The Morgan fingerprint density at radius 1 is 0.938 bits per heavy atom. The highest BCUT2D eigenvalue weighted by atomic mass is 32.2. The van der Waals surface area contributed by atoms with Gasteiger partial charge in [-0.3, -0.25) is 14.4 Å². The van der Waals surface area contributed by atoms with Crippen LogP contribution in [0.25, 0.3) is 0 Å². The van der Waals surface area contributed by atoms with Crippen molar-refractivity contribution in [1.29, 1.82) is 0 Å². The van der Waals surface area contributed by atoms with E-state index in [4.69, 9.17) is 0 Å². The molecule has 1 aromatic rings. The Hall–Kier alpha value is -2.46. The molecule has 2 heterocycles. The van der Waals surface area contributed by atoms with Crippen molar-refractivity contribution in [2.24, 2.45) is 5.92 Å². The lowest BCUT2D eigenvalue weighted by atomic mass is 9.97. The zero-order chi connectivity index (χ0) is 23.1. The van der Waals surface area contributed by atoms with Crippen LogP contribution >= 0.6 is 0 Å². The number of sulfonamides is 1. The molecule has 0 aliphatic carbocycles. The second-order valence-corrected chi connectivity index (χ2v) is 10.2. The monoisotopic (exact) mass is 464 g/mol. The molecular weight excluding hydrogens is 432 g/mol. The number of nitrogens with zero attached hydrogens (tertiary/aromatic N) is 3. The average molecular weight is 465 g/mol. The summed E-state index contributed by atoms with van der Waals surface area (Å²) in [6.45, 7) is 4.31. The summed E-state index contributed by atoms with van der Waals surface area (Å²) >= 11 is 0. The number of carbonyl (C=O) groups excluding carboxylic acids is 3. The van der Waals surface area contributed by atoms with Crippen LogP contribution in [-0.2, 0) is 24.4 Å². The van der Waals surface area contributed by atoms with Crippen molar-refractivity contribution >= 4 is 27.7 Å². The van der Waals surface area contributed by atoms with Crippen molar-refractivity contribution in [3.63, 3.8) is 0 Å². The molecule has 10 heteroatoms. The first kappa shape index (κ1) is 24.2. The third-order valence-corrected chi connectivity index (χ3v) is 8.04. The summed E-state index contributed by atoms with van der Waals surface area (Å²) in [6, 6.07) is 8.20. The predicted molar refractivity (Wildman–Crippen MR) is 119 cm³/mol. The standard InChI is InChI=1S/C22H32N4O5S/c1-18(27)24-14-16-25(17-15-24)22(29)19-6-5-12-26(13-10-21(28)23-11-9-19)32(30,31)20-7-3-2-4-8-20/h2-4,7-8,19H,5-6,9-17H2,1H3,(H,23,28). The molecule has 0 spiro atoms. The first-order valence-corrected chi connectivity index (χ1v) is 12.6. The quantitative estimate of drug-likeness (QED) is 0.708. The Morgan fingerprint density at radius 2 is 1.59 bits per heavy atom. The van der Waals surface area contributed by atoms with E-state index in [9.17, 15) is 22.8 Å². The van der Waals surface area contributed by atoms with Gasteiger partial charge in [-0.2, -0.15) is 4.31 Å². The molecule has 3 rings (SSSR count). The van der Waals surface area contributed by atoms with E-state index < -0.39 is 10.0 Å². The van der Waals surface area contributed by atoms with Gasteiger partial charge in [-0.25, -0.2) is 8.42 Å². The van der Waals surface area contributed by atoms with Gasteiger partial charge in [0.25, 0.3) is 0 Å². The molecule has 32 heavy (non-hydrogen) atoms. The molecule has 2 fully saturated rings. The highest BCUT2D eigenvalue weighted by molar-refractivity contribution is 7.89. The van der Waals surface area contributed by atoms with Gasteiger partial charge in [0.1, 0.15) is 0 Å². The van der Waals surface area contributed by atoms with Crippen LogP contribution in [0.2, 0.25) is 0 Å². The lowest BCUT2D eigenvalue weighted by Gasteiger charge is -2.36. The van der Waals surface area contributed by atoms with Gasteiger partial charge in [0, 0.05) is 65.1 Å². The van der Waals surface area contributed by atoms with Crippen LogP contribution in [0.4, 0.5) is 0 Å². The largest absolute Gasteiger partial charge is 0.356 e. The third kappa shape index (κ3) is 6.07. The van der Waals surface area contributed by atoms with Crippen molar-refractivity contribution in [3.05, 3.63) is 30.3 Å². The molecule has 176 valence electrons. The summed E-state index contributed by atoms with van der Waals surface area (Å²) in [6.07, 6.45) is 1.67. The predicted octanol–water partition coefficient (Wildman–Crippen LogP) is 0.674. The number of rotatable bonds is 3. The second kappa shape index (κ2) is 10.9. The average Bonchev–Trinajstić information content (AvgIpc) is 2.84. The normalized spacial score (nSPS) is 22.0. The number of hydrogen-bond acceptors (Lipinski definition) is 5. The lowest BCUT2D eigenvalue weighted by molar-refractivity contribution is -0.141. The smallest absolute Gasteiger partial charge is 0.243 e. The molecule has 0 radical (unpaired) electrons. The van der Waals surface area contributed by atoms with Crippen LogP contribution in [0.3, 0.4) is 0 Å². The van der Waals surface area contributed by atoms with E-state index >= 15 is 0 Å². The zero-order valence-electron chi connectivity index (χ0n) is 18.5. The molecule has 2 aliphatic rings. The van der Waals surface area contributed by atoms with Crippen molar-refractivity contribution in [2.45, 2.75) is 37.5 Å². The van der Waals surface area contributed by atoms with Gasteiger partial charge in [-0.05, 0) is 31.4 Å².